The molecule has 1 aliphatic heterocycles. The minimum Gasteiger partial charge on any atom is -0.268 e. The fraction of sp³-hybridized carbons (Fsp3) is 0.133. The van der Waals surface area contributed by atoms with Gasteiger partial charge in [-0.25, -0.2) is 0 Å². The first-order valence-electron chi connectivity index (χ1n) is 6.03. The summed E-state index contributed by atoms with van der Waals surface area (Å²) in [6.45, 7) is 2.28. The van der Waals surface area contributed by atoms with Gasteiger partial charge in [0.25, 0.3) is 11.8 Å². The Bertz CT molecular complexity index is 627. The van der Waals surface area contributed by atoms with Crippen molar-refractivity contribution in [1.82, 2.24) is 9.88 Å². The maximum absolute atomic E-state index is 12.1. The minimum atomic E-state index is -0.318. The second kappa shape index (κ2) is 4.31. The fourth-order valence-electron chi connectivity index (χ4n) is 2.13. The van der Waals surface area contributed by atoms with Gasteiger partial charge in [-0.15, -0.1) is 0 Å². The molecule has 19 heavy (non-hydrogen) atoms. The number of rotatable bonds is 2. The van der Waals surface area contributed by atoms with Crippen LogP contribution in [0.5, 0.6) is 0 Å². The second-order valence-corrected chi connectivity index (χ2v) is 4.58. The van der Waals surface area contributed by atoms with E-state index in [0.29, 0.717) is 5.56 Å². The average molecular weight is 252 g/mol. The van der Waals surface area contributed by atoms with E-state index in [9.17, 15) is 9.59 Å². The second-order valence-electron chi connectivity index (χ2n) is 4.58. The van der Waals surface area contributed by atoms with Crippen molar-refractivity contribution in [2.75, 3.05) is 0 Å². The van der Waals surface area contributed by atoms with Gasteiger partial charge in [0.15, 0.2) is 0 Å². The van der Waals surface area contributed by atoms with E-state index >= 15 is 0 Å². The van der Waals surface area contributed by atoms with E-state index in [4.69, 9.17) is 0 Å². The number of aryl methyl sites for hydroxylation is 1. The van der Waals surface area contributed by atoms with E-state index in [-0.39, 0.29) is 24.1 Å². The molecule has 1 aliphatic rings. The zero-order chi connectivity index (χ0) is 13.4. The number of hydrogen-bond donors (Lipinski definition) is 0. The third-order valence-corrected chi connectivity index (χ3v) is 3.19. The molecule has 0 N–H and O–H groups in total. The van der Waals surface area contributed by atoms with Gasteiger partial charge in [0.2, 0.25) is 0 Å². The van der Waals surface area contributed by atoms with E-state index < -0.39 is 0 Å². The Morgan fingerprint density at radius 2 is 1.79 bits per heavy atom. The first kappa shape index (κ1) is 11.6. The molecule has 1 aromatic heterocycles. The van der Waals surface area contributed by atoms with Crippen LogP contribution in [0.1, 0.15) is 32.0 Å². The molecule has 0 atom stereocenters. The fourth-order valence-corrected chi connectivity index (χ4v) is 2.13. The molecule has 2 amide bonds. The number of nitrogens with zero attached hydrogens (tertiary/aromatic N) is 2. The van der Waals surface area contributed by atoms with Gasteiger partial charge in [0, 0.05) is 6.20 Å². The van der Waals surface area contributed by atoms with Crippen LogP contribution in [0.3, 0.4) is 0 Å². The van der Waals surface area contributed by atoms with Gasteiger partial charge < -0.3 is 0 Å². The number of carbonyl (C=O) groups is 2. The lowest BCUT2D eigenvalue weighted by atomic mass is 10.1. The van der Waals surface area contributed by atoms with E-state index in [1.165, 1.54) is 11.1 Å². The maximum Gasteiger partial charge on any atom is 0.280 e. The van der Waals surface area contributed by atoms with E-state index in [0.717, 1.165) is 11.1 Å². The van der Waals surface area contributed by atoms with Crippen LogP contribution in [-0.2, 0) is 6.54 Å². The Labute approximate surface area is 110 Å². The van der Waals surface area contributed by atoms with Crippen molar-refractivity contribution >= 4 is 11.8 Å². The molecular formula is C15H12N2O2. The number of amides is 2. The summed E-state index contributed by atoms with van der Waals surface area (Å²) < 4.78 is 0. The molecule has 0 aliphatic carbocycles. The molecular weight excluding hydrogens is 240 g/mol. The van der Waals surface area contributed by atoms with E-state index in [2.05, 4.69) is 4.98 Å². The van der Waals surface area contributed by atoms with E-state index in [1.807, 2.05) is 31.2 Å². The van der Waals surface area contributed by atoms with Crippen molar-refractivity contribution in [3.63, 3.8) is 0 Å². The highest BCUT2D eigenvalue weighted by Gasteiger charge is 2.36. The SMILES string of the molecule is Cc1ccc(CN2C(=O)c3cccnc3C2=O)cc1. The predicted octanol–water partition coefficient (Wildman–Crippen LogP) is 2.19. The number of aromatic nitrogens is 1. The Morgan fingerprint density at radius 3 is 2.47 bits per heavy atom. The molecule has 0 spiro atoms. The van der Waals surface area contributed by atoms with Crippen molar-refractivity contribution in [2.24, 2.45) is 0 Å². The van der Waals surface area contributed by atoms with Crippen LogP contribution >= 0.6 is 0 Å². The van der Waals surface area contributed by atoms with Gasteiger partial charge in [-0.3, -0.25) is 19.5 Å². The van der Waals surface area contributed by atoms with Crippen LogP contribution in [-0.4, -0.2) is 21.7 Å². The number of hydrogen-bond acceptors (Lipinski definition) is 3. The normalized spacial score (nSPS) is 13.8. The molecule has 94 valence electrons. The smallest absolute Gasteiger partial charge is 0.268 e. The molecule has 2 aromatic rings. The van der Waals surface area contributed by atoms with Crippen molar-refractivity contribution in [3.8, 4) is 0 Å². The molecule has 0 saturated carbocycles. The molecule has 4 nitrogen and oxygen atoms in total. The van der Waals surface area contributed by atoms with Crippen LogP contribution < -0.4 is 0 Å². The van der Waals surface area contributed by atoms with Gasteiger partial charge in [-0.1, -0.05) is 29.8 Å². The molecule has 0 unspecified atom stereocenters. The molecule has 0 radical (unpaired) electrons. The zero-order valence-corrected chi connectivity index (χ0v) is 10.5. The molecule has 1 aromatic carbocycles. The summed E-state index contributed by atoms with van der Waals surface area (Å²) in [5.74, 6) is -0.588. The Hall–Kier alpha value is -2.49. The Kier molecular flexibility index (Phi) is 2.63. The number of benzene rings is 1. The van der Waals surface area contributed by atoms with Gasteiger partial charge in [-0.2, -0.15) is 0 Å². The van der Waals surface area contributed by atoms with Crippen LogP contribution in [0, 0.1) is 6.92 Å². The number of imide groups is 1. The maximum atomic E-state index is 12.1. The topological polar surface area (TPSA) is 50.3 Å². The van der Waals surface area contributed by atoms with Crippen LogP contribution in [0.25, 0.3) is 0 Å². The number of pyridine rings is 1. The first-order chi connectivity index (χ1) is 9.16. The molecule has 0 bridgehead atoms. The van der Waals surface area contributed by atoms with Crippen LogP contribution in [0.15, 0.2) is 42.6 Å². The van der Waals surface area contributed by atoms with E-state index in [1.54, 1.807) is 12.1 Å². The van der Waals surface area contributed by atoms with Gasteiger partial charge in [0.05, 0.1) is 12.1 Å². The highest BCUT2D eigenvalue weighted by Crippen LogP contribution is 2.22. The van der Waals surface area contributed by atoms with Gasteiger partial charge in [0.1, 0.15) is 5.69 Å². The summed E-state index contributed by atoms with van der Waals surface area (Å²) in [4.78, 5) is 29.5. The van der Waals surface area contributed by atoms with Crippen molar-refractivity contribution < 1.29 is 9.59 Å². The summed E-state index contributed by atoms with van der Waals surface area (Å²) in [5, 5.41) is 0. The molecule has 2 heterocycles. The Morgan fingerprint density at radius 1 is 1.05 bits per heavy atom. The molecule has 3 rings (SSSR count). The third kappa shape index (κ3) is 1.91. The predicted molar refractivity (Wildman–Crippen MR) is 69.6 cm³/mol. The van der Waals surface area contributed by atoms with Crippen LogP contribution in [0.4, 0.5) is 0 Å². The zero-order valence-electron chi connectivity index (χ0n) is 10.5. The molecule has 4 heteroatoms. The van der Waals surface area contributed by atoms with Crippen molar-refractivity contribution in [3.05, 3.63) is 65.0 Å². The minimum absolute atomic E-state index is 0.250. The third-order valence-electron chi connectivity index (χ3n) is 3.19. The quantitative estimate of drug-likeness (QED) is 0.770. The number of carbonyl (C=O) groups excluding carboxylic acids is 2. The van der Waals surface area contributed by atoms with Crippen LogP contribution in [0.2, 0.25) is 0 Å². The van der Waals surface area contributed by atoms with Crippen molar-refractivity contribution in [1.29, 1.82) is 0 Å². The Balaban J connectivity index is 1.90. The molecule has 0 saturated heterocycles. The van der Waals surface area contributed by atoms with Gasteiger partial charge >= 0.3 is 0 Å². The lowest BCUT2D eigenvalue weighted by Gasteiger charge is -2.13. The highest BCUT2D eigenvalue weighted by atomic mass is 16.2. The lowest BCUT2D eigenvalue weighted by molar-refractivity contribution is 0.0640. The first-order valence-corrected chi connectivity index (χ1v) is 6.03. The summed E-state index contributed by atoms with van der Waals surface area (Å²) in [6.07, 6.45) is 1.53. The highest BCUT2D eigenvalue weighted by molar-refractivity contribution is 6.20. The molecule has 0 fully saturated rings. The lowest BCUT2D eigenvalue weighted by Crippen LogP contribution is -2.29. The standard InChI is InChI=1S/C15H12N2O2/c1-10-4-6-11(7-5-10)9-17-14(18)12-3-2-8-16-13(12)15(17)19/h2-8H,9H2,1H3. The average Bonchev–Trinajstić information content (AvgIpc) is 2.67. The summed E-state index contributed by atoms with van der Waals surface area (Å²) in [6, 6.07) is 11.1. The summed E-state index contributed by atoms with van der Waals surface area (Å²) >= 11 is 0. The monoisotopic (exact) mass is 252 g/mol. The van der Waals surface area contributed by atoms with Gasteiger partial charge in [-0.05, 0) is 24.6 Å². The summed E-state index contributed by atoms with van der Waals surface area (Å²) in [7, 11) is 0. The summed E-state index contributed by atoms with van der Waals surface area (Å²) in [5.41, 5.74) is 2.71. The van der Waals surface area contributed by atoms with Crippen molar-refractivity contribution in [2.45, 2.75) is 13.5 Å². The largest absolute Gasteiger partial charge is 0.280 e. The number of fused-ring (bicyclic) bond motifs is 1.